The van der Waals surface area contributed by atoms with Crippen LogP contribution in [0.2, 0.25) is 0 Å². The molecule has 0 amide bonds. The molecule has 3 aliphatic carbocycles. The molecule has 0 fully saturated rings. The summed E-state index contributed by atoms with van der Waals surface area (Å²) in [4.78, 5) is 2.45. The van der Waals surface area contributed by atoms with E-state index in [1.165, 1.54) is 72.3 Å². The predicted octanol–water partition coefficient (Wildman–Crippen LogP) is 18.9. The van der Waals surface area contributed by atoms with Crippen molar-refractivity contribution in [2.75, 3.05) is 4.90 Å². The molecule has 1 unspecified atom stereocenters. The fourth-order valence-electron chi connectivity index (χ4n) is 13.5. The van der Waals surface area contributed by atoms with Crippen LogP contribution in [0.15, 0.2) is 245 Å². The van der Waals surface area contributed by atoms with Crippen LogP contribution in [0.25, 0.3) is 99.5 Å². The van der Waals surface area contributed by atoms with Gasteiger partial charge in [0.1, 0.15) is 22.3 Å². The number of furan rings is 2. The van der Waals surface area contributed by atoms with E-state index in [4.69, 9.17) is 8.83 Å². The van der Waals surface area contributed by atoms with Gasteiger partial charge in [0.25, 0.3) is 0 Å². The van der Waals surface area contributed by atoms with Gasteiger partial charge in [-0.1, -0.05) is 190 Å². The molecule has 2 aromatic heterocycles. The van der Waals surface area contributed by atoms with Crippen LogP contribution in [0, 0.1) is 0 Å². The smallest absolute Gasteiger partial charge is 0.143 e. The Morgan fingerprint density at radius 2 is 0.877 bits per heavy atom. The highest BCUT2D eigenvalue weighted by Crippen LogP contribution is 2.66. The maximum absolute atomic E-state index is 6.88. The second kappa shape index (κ2) is 14.7. The van der Waals surface area contributed by atoms with Crippen LogP contribution in [0.3, 0.4) is 0 Å². The first-order valence-corrected chi connectivity index (χ1v) is 25.4. The molecule has 13 aromatic rings. The van der Waals surface area contributed by atoms with Gasteiger partial charge in [-0.25, -0.2) is 0 Å². The van der Waals surface area contributed by atoms with E-state index in [9.17, 15) is 0 Å². The van der Waals surface area contributed by atoms with Gasteiger partial charge in [0.05, 0.1) is 5.41 Å². The third-order valence-corrected chi connectivity index (χ3v) is 16.7. The number of anilines is 3. The number of benzene rings is 11. The molecule has 0 bridgehead atoms. The molecule has 1 atom stereocenters. The molecule has 3 heteroatoms. The standard InChI is InChI=1S/C70H45NO2/c1-69(2)58-24-8-3-17-49(58)51-36-34-47(41-62(51)69)71(45-32-29-42(30-33-45)43-31-35-54-52-19-6-11-27-63(52)72-65(54)40-43)46-16-13-15-44(39-46)48-22-14-23-55-50-18-4-9-25-59(50)70(67(48)55)60-26-10-5-21-57(60)66-61(70)38-37-56-53-20-7-12-28-64(53)73-68(56)66/h3-41H,1-2H3. The lowest BCUT2D eigenvalue weighted by atomic mass is 9.68. The molecular formula is C70H45NO2. The summed E-state index contributed by atoms with van der Waals surface area (Å²) in [6, 6.07) is 87.3. The van der Waals surface area contributed by atoms with Crippen molar-refractivity contribution in [2.45, 2.75) is 24.7 Å². The zero-order chi connectivity index (χ0) is 48.2. The van der Waals surface area contributed by atoms with E-state index < -0.39 is 5.41 Å². The summed E-state index contributed by atoms with van der Waals surface area (Å²) in [7, 11) is 0. The van der Waals surface area contributed by atoms with E-state index in [1.807, 2.05) is 12.1 Å². The maximum Gasteiger partial charge on any atom is 0.143 e. The molecule has 0 saturated carbocycles. The third kappa shape index (κ3) is 5.43. The molecular weight excluding hydrogens is 887 g/mol. The van der Waals surface area contributed by atoms with Crippen LogP contribution in [0.1, 0.15) is 47.2 Å². The van der Waals surface area contributed by atoms with Gasteiger partial charge in [0, 0.05) is 49.6 Å². The maximum atomic E-state index is 6.88. The minimum Gasteiger partial charge on any atom is -0.456 e. The van der Waals surface area contributed by atoms with Crippen molar-refractivity contribution in [2.24, 2.45) is 0 Å². The van der Waals surface area contributed by atoms with Gasteiger partial charge in [-0.2, -0.15) is 0 Å². The van der Waals surface area contributed by atoms with Crippen molar-refractivity contribution >= 4 is 60.9 Å². The highest BCUT2D eigenvalue weighted by Gasteiger charge is 2.53. The Balaban J connectivity index is 0.889. The van der Waals surface area contributed by atoms with Gasteiger partial charge in [0.15, 0.2) is 0 Å². The highest BCUT2D eigenvalue weighted by atomic mass is 16.3. The predicted molar refractivity (Wildman–Crippen MR) is 300 cm³/mol. The van der Waals surface area contributed by atoms with Crippen molar-refractivity contribution < 1.29 is 8.83 Å². The minimum absolute atomic E-state index is 0.162. The third-order valence-electron chi connectivity index (χ3n) is 16.7. The summed E-state index contributed by atoms with van der Waals surface area (Å²) < 4.78 is 13.2. The molecule has 16 rings (SSSR count). The SMILES string of the molecule is CC1(C)c2ccccc2-c2ccc(N(c3ccc(-c4ccc5c(c4)oc4ccccc45)cc3)c3cccc(-c4cccc5c4C4(c6ccccc6-5)c5ccccc5-c5c4ccc4c5oc5ccccc54)c3)cc21. The number of hydrogen-bond donors (Lipinski definition) is 0. The van der Waals surface area contributed by atoms with Crippen molar-refractivity contribution in [3.05, 3.63) is 270 Å². The number of nitrogens with zero attached hydrogens (tertiary/aromatic N) is 1. The van der Waals surface area contributed by atoms with Gasteiger partial charge >= 0.3 is 0 Å². The van der Waals surface area contributed by atoms with E-state index in [0.29, 0.717) is 0 Å². The number of para-hydroxylation sites is 2. The van der Waals surface area contributed by atoms with Gasteiger partial charge in [-0.15, -0.1) is 0 Å². The molecule has 0 saturated heterocycles. The van der Waals surface area contributed by atoms with Gasteiger partial charge in [-0.3, -0.25) is 0 Å². The molecule has 73 heavy (non-hydrogen) atoms. The topological polar surface area (TPSA) is 29.5 Å². The largest absolute Gasteiger partial charge is 0.456 e. The van der Waals surface area contributed by atoms with Crippen LogP contribution in [0.4, 0.5) is 17.1 Å². The first-order chi connectivity index (χ1) is 35.9. The monoisotopic (exact) mass is 931 g/mol. The Morgan fingerprint density at radius 3 is 1.68 bits per heavy atom. The van der Waals surface area contributed by atoms with Crippen LogP contribution in [-0.2, 0) is 10.8 Å². The zero-order valence-electron chi connectivity index (χ0n) is 40.3. The van der Waals surface area contributed by atoms with Gasteiger partial charge in [0.2, 0.25) is 0 Å². The second-order valence-electron chi connectivity index (χ2n) is 20.7. The van der Waals surface area contributed by atoms with E-state index >= 15 is 0 Å². The minimum atomic E-state index is -0.584. The molecule has 1 spiro atoms. The normalized spacial score (nSPS) is 15.4. The summed E-state index contributed by atoms with van der Waals surface area (Å²) in [6.07, 6.45) is 0. The van der Waals surface area contributed by atoms with Crippen molar-refractivity contribution in [1.82, 2.24) is 0 Å². The molecule has 2 heterocycles. The average Bonchev–Trinajstić information content (AvgIpc) is 4.33. The molecule has 0 radical (unpaired) electrons. The lowest BCUT2D eigenvalue weighted by Gasteiger charge is -2.32. The fourth-order valence-corrected chi connectivity index (χ4v) is 13.5. The Hall–Kier alpha value is -9.18. The Kier molecular flexibility index (Phi) is 8.16. The molecule has 11 aromatic carbocycles. The van der Waals surface area contributed by atoms with E-state index in [1.54, 1.807) is 0 Å². The van der Waals surface area contributed by atoms with Crippen molar-refractivity contribution in [3.63, 3.8) is 0 Å². The molecule has 3 nitrogen and oxygen atoms in total. The van der Waals surface area contributed by atoms with Gasteiger partial charge < -0.3 is 13.7 Å². The Labute approximate surface area is 422 Å². The van der Waals surface area contributed by atoms with Gasteiger partial charge in [-0.05, 0) is 144 Å². The van der Waals surface area contributed by atoms with Crippen molar-refractivity contribution in [1.29, 1.82) is 0 Å². The number of hydrogen-bond acceptors (Lipinski definition) is 3. The number of rotatable bonds is 5. The second-order valence-corrected chi connectivity index (χ2v) is 20.7. The quantitative estimate of drug-likeness (QED) is 0.172. The van der Waals surface area contributed by atoms with Crippen molar-refractivity contribution in [3.8, 4) is 55.6 Å². The summed E-state index contributed by atoms with van der Waals surface area (Å²) >= 11 is 0. The lowest BCUT2D eigenvalue weighted by molar-refractivity contribution is 0.660. The Morgan fingerprint density at radius 1 is 0.315 bits per heavy atom. The fraction of sp³-hybridized carbons (Fsp3) is 0.0571. The molecule has 3 aliphatic rings. The van der Waals surface area contributed by atoms with Crippen LogP contribution in [-0.4, -0.2) is 0 Å². The summed E-state index contributed by atoms with van der Waals surface area (Å²) in [5.41, 5.74) is 26.2. The van der Waals surface area contributed by atoms with Crippen LogP contribution < -0.4 is 4.90 Å². The summed E-state index contributed by atoms with van der Waals surface area (Å²) in [5, 5.41) is 4.56. The first kappa shape index (κ1) is 40.5. The first-order valence-electron chi connectivity index (χ1n) is 25.4. The van der Waals surface area contributed by atoms with Crippen LogP contribution >= 0.6 is 0 Å². The zero-order valence-corrected chi connectivity index (χ0v) is 40.3. The van der Waals surface area contributed by atoms with E-state index in [-0.39, 0.29) is 5.41 Å². The van der Waals surface area contributed by atoms with Crippen LogP contribution in [0.5, 0.6) is 0 Å². The molecule has 0 aliphatic heterocycles. The molecule has 0 N–H and O–H groups in total. The lowest BCUT2D eigenvalue weighted by Crippen LogP contribution is -2.26. The number of fused-ring (bicyclic) bond motifs is 20. The Bertz CT molecular complexity index is 4490. The highest BCUT2D eigenvalue weighted by molar-refractivity contribution is 6.13. The van der Waals surface area contributed by atoms with E-state index in [0.717, 1.165) is 77.6 Å². The van der Waals surface area contributed by atoms with E-state index in [2.05, 4.69) is 243 Å². The average molecular weight is 932 g/mol. The molecule has 342 valence electrons. The summed E-state index contributed by atoms with van der Waals surface area (Å²) in [5.74, 6) is 0. The summed E-state index contributed by atoms with van der Waals surface area (Å²) in [6.45, 7) is 4.73.